The molecule has 51 heavy (non-hydrogen) atoms. The zero-order valence-electron chi connectivity index (χ0n) is 28.5. The normalized spacial score (nSPS) is 17.8. The number of carbonyl (C=O) groups excluding carboxylic acids is 4. The van der Waals surface area contributed by atoms with Crippen molar-refractivity contribution in [1.82, 2.24) is 40.4 Å². The van der Waals surface area contributed by atoms with Gasteiger partial charge < -0.3 is 39.9 Å². The number of aromatic nitrogens is 4. The number of nitrogens with one attached hydrogen (secondary N) is 4. The predicted molar refractivity (Wildman–Crippen MR) is 194 cm³/mol. The SMILES string of the molecule is COC(=O)NCC(=O)N1CC=CC1c1nc2ccc(-c3cc4sc(-c5cnc(C6CCCN6C(=O)C(NC(=O)OC)C(C)C)[nH]5)cc4s3)cc2[nH]1. The van der Waals surface area contributed by atoms with Crippen LogP contribution in [0.3, 0.4) is 0 Å². The van der Waals surface area contributed by atoms with Gasteiger partial charge in [0, 0.05) is 27.4 Å². The van der Waals surface area contributed by atoms with Crippen molar-refractivity contribution in [3.05, 3.63) is 60.3 Å². The number of methoxy groups -OCH3 is 2. The third-order valence-corrected chi connectivity index (χ3v) is 11.6. The summed E-state index contributed by atoms with van der Waals surface area (Å²) in [5, 5.41) is 5.14. The molecule has 2 aliphatic rings. The number of aromatic amines is 2. The molecule has 6 heterocycles. The van der Waals surface area contributed by atoms with Gasteiger partial charge in [-0.3, -0.25) is 9.59 Å². The topological polar surface area (TPSA) is 175 Å². The minimum atomic E-state index is -0.685. The highest BCUT2D eigenvalue weighted by Gasteiger charge is 2.37. The fraction of sp³-hybridized carbons (Fsp3) is 0.371. The van der Waals surface area contributed by atoms with Gasteiger partial charge in [-0.05, 0) is 48.6 Å². The van der Waals surface area contributed by atoms with Crippen LogP contribution in [0.1, 0.15) is 50.4 Å². The number of fused-ring (bicyclic) bond motifs is 2. The van der Waals surface area contributed by atoms with Gasteiger partial charge in [-0.2, -0.15) is 0 Å². The lowest BCUT2D eigenvalue weighted by Crippen LogP contribution is -2.51. The van der Waals surface area contributed by atoms with Crippen LogP contribution >= 0.6 is 22.7 Å². The molecule has 0 saturated carbocycles. The van der Waals surface area contributed by atoms with Crippen LogP contribution in [0.15, 0.2) is 48.7 Å². The molecule has 16 heteroatoms. The molecule has 4 N–H and O–H groups in total. The highest BCUT2D eigenvalue weighted by molar-refractivity contribution is 7.31. The number of imidazole rings is 2. The Balaban J connectivity index is 1.06. The van der Waals surface area contributed by atoms with Crippen LogP contribution in [0.25, 0.3) is 41.4 Å². The summed E-state index contributed by atoms with van der Waals surface area (Å²) in [4.78, 5) is 71.7. The number of alkyl carbamates (subject to hydrolysis) is 2. The molecular formula is C35H38N8O6S2. The Kier molecular flexibility index (Phi) is 9.52. The smallest absolute Gasteiger partial charge is 0.407 e. The highest BCUT2D eigenvalue weighted by atomic mass is 32.1. The largest absolute Gasteiger partial charge is 0.453 e. The quantitative estimate of drug-likeness (QED) is 0.139. The van der Waals surface area contributed by atoms with E-state index in [0.29, 0.717) is 18.9 Å². The minimum Gasteiger partial charge on any atom is -0.453 e. The van der Waals surface area contributed by atoms with E-state index in [-0.39, 0.29) is 36.4 Å². The summed E-state index contributed by atoms with van der Waals surface area (Å²) in [5.74, 6) is 0.915. The molecule has 1 fully saturated rings. The summed E-state index contributed by atoms with van der Waals surface area (Å²) >= 11 is 3.38. The lowest BCUT2D eigenvalue weighted by atomic mass is 10.0. The molecular weight excluding hydrogens is 693 g/mol. The zero-order chi connectivity index (χ0) is 35.8. The fourth-order valence-electron chi connectivity index (χ4n) is 6.60. The van der Waals surface area contributed by atoms with Gasteiger partial charge >= 0.3 is 12.2 Å². The lowest BCUT2D eigenvalue weighted by molar-refractivity contribution is -0.135. The first-order valence-corrected chi connectivity index (χ1v) is 18.3. The number of amides is 4. The van der Waals surface area contributed by atoms with Crippen LogP contribution in [0.5, 0.6) is 0 Å². The van der Waals surface area contributed by atoms with Crippen molar-refractivity contribution in [3.63, 3.8) is 0 Å². The molecule has 2 aliphatic heterocycles. The van der Waals surface area contributed by atoms with E-state index in [1.165, 1.54) is 14.2 Å². The van der Waals surface area contributed by atoms with Gasteiger partial charge in [-0.25, -0.2) is 19.6 Å². The fourth-order valence-corrected chi connectivity index (χ4v) is 8.95. The van der Waals surface area contributed by atoms with E-state index in [0.717, 1.165) is 60.1 Å². The van der Waals surface area contributed by atoms with Gasteiger partial charge in [-0.1, -0.05) is 32.1 Å². The molecule has 266 valence electrons. The third-order valence-electron chi connectivity index (χ3n) is 9.22. The van der Waals surface area contributed by atoms with E-state index < -0.39 is 18.2 Å². The Labute approximate surface area is 301 Å². The Hall–Kier alpha value is -5.22. The number of carbonyl (C=O) groups is 4. The maximum absolute atomic E-state index is 13.5. The second-order valence-electron chi connectivity index (χ2n) is 12.8. The second kappa shape index (κ2) is 14.2. The monoisotopic (exact) mass is 730 g/mol. The van der Waals surface area contributed by atoms with Crippen LogP contribution in [0.2, 0.25) is 0 Å². The molecule has 3 atom stereocenters. The van der Waals surface area contributed by atoms with Gasteiger partial charge in [0.05, 0.1) is 48.1 Å². The number of H-pyrrole nitrogens is 2. The average Bonchev–Trinajstić information content (AvgIpc) is 3.96. The molecule has 7 rings (SSSR count). The first-order chi connectivity index (χ1) is 24.6. The third kappa shape index (κ3) is 6.80. The first-order valence-electron chi connectivity index (χ1n) is 16.6. The number of ether oxygens (including phenoxy) is 2. The summed E-state index contributed by atoms with van der Waals surface area (Å²) in [6, 6.07) is 9.21. The van der Waals surface area contributed by atoms with E-state index in [9.17, 15) is 19.2 Å². The average molecular weight is 731 g/mol. The number of benzene rings is 1. The molecule has 0 bridgehead atoms. The van der Waals surface area contributed by atoms with Crippen molar-refractivity contribution in [2.45, 2.75) is 44.8 Å². The maximum Gasteiger partial charge on any atom is 0.407 e. The van der Waals surface area contributed by atoms with E-state index in [1.807, 2.05) is 43.2 Å². The highest BCUT2D eigenvalue weighted by Crippen LogP contribution is 2.42. The van der Waals surface area contributed by atoms with Crippen LogP contribution in [-0.2, 0) is 19.1 Å². The van der Waals surface area contributed by atoms with Crippen LogP contribution in [0.4, 0.5) is 9.59 Å². The number of hydrogen-bond donors (Lipinski definition) is 4. The van der Waals surface area contributed by atoms with Crippen LogP contribution in [-0.4, -0.2) is 93.6 Å². The Bertz CT molecular complexity index is 2120. The number of nitrogens with zero attached hydrogens (tertiary/aromatic N) is 4. The summed E-state index contributed by atoms with van der Waals surface area (Å²) in [7, 11) is 2.54. The Morgan fingerprint density at radius 1 is 0.980 bits per heavy atom. The standard InChI is InChI=1S/C35H38N8O6S2/c1-18(2)30(41-35(47)49-4)33(45)43-12-6-7-23(43)31-36-16-22(40-31)26-15-28-27(51-26)14-25(50-28)19-9-10-20-21(13-19)39-32(38-20)24-8-5-11-42(24)29(44)17-37-34(46)48-3/h5,8-10,13-16,18,23-24,30H,6-7,11-12,17H2,1-4H3,(H,36,40)(H,37,46)(H,38,39)(H,41,47). The van der Waals surface area contributed by atoms with E-state index in [4.69, 9.17) is 14.7 Å². The van der Waals surface area contributed by atoms with Crippen molar-refractivity contribution < 1.29 is 28.7 Å². The van der Waals surface area contributed by atoms with Crippen LogP contribution < -0.4 is 10.6 Å². The molecule has 5 aromatic rings. The molecule has 3 unspecified atom stereocenters. The molecule has 0 spiro atoms. The van der Waals surface area contributed by atoms with E-state index in [1.54, 1.807) is 27.6 Å². The number of hydrogen-bond acceptors (Lipinski definition) is 10. The minimum absolute atomic E-state index is 0.102. The Morgan fingerprint density at radius 3 is 2.51 bits per heavy atom. The predicted octanol–water partition coefficient (Wildman–Crippen LogP) is 5.74. The number of likely N-dealkylation sites (tertiary alicyclic amines) is 1. The Morgan fingerprint density at radius 2 is 1.75 bits per heavy atom. The van der Waals surface area contributed by atoms with Crippen molar-refractivity contribution in [2.24, 2.45) is 5.92 Å². The molecule has 14 nitrogen and oxygen atoms in total. The molecule has 1 saturated heterocycles. The summed E-state index contributed by atoms with van der Waals surface area (Å²) in [6.07, 6.45) is 6.03. The molecule has 4 amide bonds. The van der Waals surface area contributed by atoms with Crippen LogP contribution in [0, 0.1) is 5.92 Å². The molecule has 0 aliphatic carbocycles. The first kappa shape index (κ1) is 34.2. The zero-order valence-corrected chi connectivity index (χ0v) is 30.2. The van der Waals surface area contributed by atoms with Gasteiger partial charge in [0.15, 0.2) is 0 Å². The summed E-state index contributed by atoms with van der Waals surface area (Å²) in [5.41, 5.74) is 3.62. The van der Waals surface area contributed by atoms with E-state index >= 15 is 0 Å². The van der Waals surface area contributed by atoms with Crippen molar-refractivity contribution >= 4 is 67.1 Å². The number of rotatable bonds is 9. The molecule has 1 aromatic carbocycles. The molecule has 0 radical (unpaired) electrons. The van der Waals surface area contributed by atoms with Crippen molar-refractivity contribution in [1.29, 1.82) is 0 Å². The summed E-state index contributed by atoms with van der Waals surface area (Å²) < 4.78 is 11.6. The van der Waals surface area contributed by atoms with Crippen molar-refractivity contribution in [2.75, 3.05) is 33.9 Å². The van der Waals surface area contributed by atoms with Gasteiger partial charge in [-0.15, -0.1) is 22.7 Å². The van der Waals surface area contributed by atoms with Crippen molar-refractivity contribution in [3.8, 4) is 21.0 Å². The van der Waals surface area contributed by atoms with Gasteiger partial charge in [0.25, 0.3) is 0 Å². The van der Waals surface area contributed by atoms with E-state index in [2.05, 4.69) is 49.6 Å². The lowest BCUT2D eigenvalue weighted by Gasteiger charge is -2.30. The number of thiophene rings is 2. The van der Waals surface area contributed by atoms with Gasteiger partial charge in [0.1, 0.15) is 30.3 Å². The maximum atomic E-state index is 13.5. The van der Waals surface area contributed by atoms with Gasteiger partial charge in [0.2, 0.25) is 11.8 Å². The second-order valence-corrected chi connectivity index (χ2v) is 15.0. The summed E-state index contributed by atoms with van der Waals surface area (Å²) in [6.45, 7) is 4.66. The molecule has 4 aromatic heterocycles.